The maximum absolute atomic E-state index is 13.5. The van der Waals surface area contributed by atoms with E-state index < -0.39 is 34.6 Å². The van der Waals surface area contributed by atoms with E-state index in [-0.39, 0.29) is 33.4 Å². The molecule has 1 aliphatic heterocycles. The Morgan fingerprint density at radius 3 is 2.18 bits per heavy atom. The van der Waals surface area contributed by atoms with Crippen LogP contribution >= 0.6 is 0 Å². The summed E-state index contributed by atoms with van der Waals surface area (Å²) < 4.78 is 102. The van der Waals surface area contributed by atoms with Crippen LogP contribution in [-0.4, -0.2) is 57.0 Å². The van der Waals surface area contributed by atoms with E-state index in [1.807, 2.05) is 4.90 Å². The Morgan fingerprint density at radius 2 is 1.67 bits per heavy atom. The Kier molecular flexibility index (Phi) is 8.17. The lowest BCUT2D eigenvalue weighted by atomic mass is 9.87. The molecular weight excluding hydrogens is 543 g/mol. The van der Waals surface area contributed by atoms with E-state index in [1.54, 1.807) is 30.3 Å². The van der Waals surface area contributed by atoms with Gasteiger partial charge in [0.25, 0.3) is 6.43 Å². The van der Waals surface area contributed by atoms with Crippen LogP contribution in [0.3, 0.4) is 0 Å². The monoisotopic (exact) mass is 570 g/mol. The number of aromatic nitrogens is 1. The van der Waals surface area contributed by atoms with Crippen molar-refractivity contribution < 1.29 is 39.8 Å². The molecule has 2 atom stereocenters. The van der Waals surface area contributed by atoms with Crippen LogP contribution in [-0.2, 0) is 9.84 Å². The van der Waals surface area contributed by atoms with E-state index in [2.05, 4.69) is 4.98 Å². The summed E-state index contributed by atoms with van der Waals surface area (Å²) in [6, 6.07) is 13.3. The van der Waals surface area contributed by atoms with Crippen LogP contribution in [0.4, 0.5) is 22.0 Å². The molecular formula is C27H27F5N2O4S. The molecule has 0 bridgehead atoms. The third-order valence-corrected chi connectivity index (χ3v) is 7.75. The lowest BCUT2D eigenvalue weighted by Gasteiger charge is -2.45. The first-order valence-corrected chi connectivity index (χ1v) is 13.9. The molecule has 0 radical (unpaired) electrons. The van der Waals surface area contributed by atoms with E-state index in [9.17, 15) is 30.4 Å². The molecule has 6 nitrogen and oxygen atoms in total. The minimum Gasteiger partial charge on any atom is -0.495 e. The van der Waals surface area contributed by atoms with Crippen molar-refractivity contribution in [2.75, 3.05) is 26.5 Å². The summed E-state index contributed by atoms with van der Waals surface area (Å²) in [7, 11) is -2.58. The van der Waals surface area contributed by atoms with E-state index >= 15 is 0 Å². The summed E-state index contributed by atoms with van der Waals surface area (Å²) in [5.41, 5.74) is 1.22. The normalized spacial score (nSPS) is 16.5. The number of nitrogens with zero attached hydrogens (tertiary/aromatic N) is 2. The molecule has 0 spiro atoms. The molecule has 12 heteroatoms. The quantitative estimate of drug-likeness (QED) is 0.296. The number of pyridine rings is 1. The van der Waals surface area contributed by atoms with Gasteiger partial charge in [-0.05, 0) is 36.8 Å². The average molecular weight is 571 g/mol. The van der Waals surface area contributed by atoms with Gasteiger partial charge in [-0.3, -0.25) is 9.88 Å². The molecule has 0 saturated carbocycles. The fourth-order valence-electron chi connectivity index (χ4n) is 4.58. The summed E-state index contributed by atoms with van der Waals surface area (Å²) in [5.74, 6) is -0.410. The lowest BCUT2D eigenvalue weighted by Crippen LogP contribution is -2.47. The van der Waals surface area contributed by atoms with Gasteiger partial charge >= 0.3 is 6.18 Å². The molecule has 39 heavy (non-hydrogen) atoms. The molecule has 1 fully saturated rings. The second-order valence-electron chi connectivity index (χ2n) is 9.36. The molecule has 4 rings (SSSR count). The van der Waals surface area contributed by atoms with E-state index in [0.29, 0.717) is 24.3 Å². The van der Waals surface area contributed by atoms with Gasteiger partial charge in [0.1, 0.15) is 16.4 Å². The zero-order valence-electron chi connectivity index (χ0n) is 21.3. The van der Waals surface area contributed by atoms with Crippen molar-refractivity contribution in [2.24, 2.45) is 0 Å². The highest BCUT2D eigenvalue weighted by atomic mass is 32.2. The minimum absolute atomic E-state index is 0.110. The van der Waals surface area contributed by atoms with Crippen LogP contribution in [0.1, 0.15) is 47.7 Å². The van der Waals surface area contributed by atoms with Crippen LogP contribution in [0.5, 0.6) is 11.5 Å². The molecule has 3 aromatic rings. The molecule has 2 heterocycles. The predicted molar refractivity (Wildman–Crippen MR) is 134 cm³/mol. The number of rotatable bonds is 9. The Morgan fingerprint density at radius 1 is 1.00 bits per heavy atom. The number of ether oxygens (including phenoxy) is 2. The lowest BCUT2D eigenvalue weighted by molar-refractivity contribution is -0.189. The number of hydrogen-bond donors (Lipinski definition) is 0. The van der Waals surface area contributed by atoms with Crippen molar-refractivity contribution in [3.8, 4) is 11.5 Å². The number of alkyl halides is 5. The predicted octanol–water partition coefficient (Wildman–Crippen LogP) is 5.95. The van der Waals surface area contributed by atoms with E-state index in [0.717, 1.165) is 19.4 Å². The molecule has 0 N–H and O–H groups in total. The maximum Gasteiger partial charge on any atom is 0.425 e. The van der Waals surface area contributed by atoms with E-state index in [1.165, 1.54) is 31.4 Å². The van der Waals surface area contributed by atoms with Crippen molar-refractivity contribution in [1.29, 1.82) is 0 Å². The zero-order chi connectivity index (χ0) is 28.5. The van der Waals surface area contributed by atoms with Gasteiger partial charge < -0.3 is 9.47 Å². The van der Waals surface area contributed by atoms with Crippen LogP contribution in [0.2, 0.25) is 0 Å². The van der Waals surface area contributed by atoms with Gasteiger partial charge in [0.05, 0.1) is 18.7 Å². The highest BCUT2D eigenvalue weighted by Gasteiger charge is 2.42. The molecule has 1 unspecified atom stereocenters. The number of sulfone groups is 1. The van der Waals surface area contributed by atoms with Gasteiger partial charge in [-0.15, -0.1) is 0 Å². The van der Waals surface area contributed by atoms with Crippen molar-refractivity contribution in [2.45, 2.75) is 42.5 Å². The van der Waals surface area contributed by atoms with Gasteiger partial charge in [0.2, 0.25) is 0 Å². The Hall–Kier alpha value is -3.25. The van der Waals surface area contributed by atoms with Gasteiger partial charge in [0.15, 0.2) is 15.9 Å². The first kappa shape index (κ1) is 28.8. The number of hydrogen-bond acceptors (Lipinski definition) is 6. The third kappa shape index (κ3) is 6.17. The molecule has 0 aliphatic carbocycles. The Labute approximate surface area is 223 Å². The van der Waals surface area contributed by atoms with Gasteiger partial charge in [-0.1, -0.05) is 30.3 Å². The molecule has 210 valence electrons. The summed E-state index contributed by atoms with van der Waals surface area (Å²) in [4.78, 5) is 5.91. The first-order chi connectivity index (χ1) is 18.3. The second-order valence-corrected chi connectivity index (χ2v) is 11.3. The van der Waals surface area contributed by atoms with Crippen molar-refractivity contribution in [3.05, 3.63) is 83.2 Å². The topological polar surface area (TPSA) is 68.7 Å². The van der Waals surface area contributed by atoms with Crippen LogP contribution in [0.15, 0.2) is 65.7 Å². The molecule has 1 aliphatic rings. The third-order valence-electron chi connectivity index (χ3n) is 6.63. The zero-order valence-corrected chi connectivity index (χ0v) is 22.1. The number of methoxy groups -OCH3 is 1. The Balaban J connectivity index is 1.81. The summed E-state index contributed by atoms with van der Waals surface area (Å²) in [5, 5.41) is 0. The van der Waals surface area contributed by atoms with Crippen LogP contribution < -0.4 is 9.47 Å². The number of likely N-dealkylation sites (tertiary alicyclic amines) is 1. The standard InChI is InChI=1S/C27H27F5N2O4S/c1-16(27(30,31)32)38-21-11-12-22(39(3,35)36)25(37-2)23(21)24(17-7-5-4-6-8-17)34-14-19(15-34)20-10-9-18(13-33-20)26(28)29/h4-13,16,19,24,26H,14-15H2,1-3H3/t16-,24?/m1/s1. The minimum atomic E-state index is -4.67. The first-order valence-electron chi connectivity index (χ1n) is 12.0. The summed E-state index contributed by atoms with van der Waals surface area (Å²) >= 11 is 0. The number of halogens is 5. The smallest absolute Gasteiger partial charge is 0.425 e. The van der Waals surface area contributed by atoms with Crippen LogP contribution in [0, 0.1) is 0 Å². The second kappa shape index (κ2) is 11.1. The fraction of sp³-hybridized carbons (Fsp3) is 0.370. The van der Waals surface area contributed by atoms with Gasteiger partial charge in [0, 0.05) is 42.7 Å². The molecule has 1 saturated heterocycles. The highest BCUT2D eigenvalue weighted by molar-refractivity contribution is 7.90. The van der Waals surface area contributed by atoms with Crippen LogP contribution in [0.25, 0.3) is 0 Å². The SMILES string of the molecule is COc1c(S(C)(=O)=O)ccc(O[C@H](C)C(F)(F)F)c1C(c1ccccc1)N1CC(c2ccc(C(F)F)cn2)C1. The fourth-order valence-corrected chi connectivity index (χ4v) is 5.42. The highest BCUT2D eigenvalue weighted by Crippen LogP contribution is 2.47. The molecule has 2 aromatic carbocycles. The van der Waals surface area contributed by atoms with E-state index in [4.69, 9.17) is 9.47 Å². The van der Waals surface area contributed by atoms with Gasteiger partial charge in [-0.25, -0.2) is 17.2 Å². The van der Waals surface area contributed by atoms with Crippen molar-refractivity contribution >= 4 is 9.84 Å². The maximum atomic E-state index is 13.5. The van der Waals surface area contributed by atoms with Crippen molar-refractivity contribution in [1.82, 2.24) is 9.88 Å². The summed E-state index contributed by atoms with van der Waals surface area (Å²) in [6.07, 6.45) is -7.37. The Bertz CT molecular complexity index is 1390. The number of benzene rings is 2. The van der Waals surface area contributed by atoms with Gasteiger partial charge in [-0.2, -0.15) is 13.2 Å². The largest absolute Gasteiger partial charge is 0.495 e. The average Bonchev–Trinajstić information content (AvgIpc) is 2.85. The molecule has 0 amide bonds. The van der Waals surface area contributed by atoms with Crippen molar-refractivity contribution in [3.63, 3.8) is 0 Å². The molecule has 1 aromatic heterocycles. The summed E-state index contributed by atoms with van der Waals surface area (Å²) in [6.45, 7) is 1.62.